The zero-order valence-electron chi connectivity index (χ0n) is 17.8. The molecule has 1 aliphatic carbocycles. The zero-order valence-corrected chi connectivity index (χ0v) is 19.5. The molecule has 4 N–H and O–H groups in total. The Morgan fingerprint density at radius 2 is 1.23 bits per heavy atom. The van der Waals surface area contributed by atoms with Crippen LogP contribution in [-0.2, 0) is 24.9 Å². The first-order valence-electron chi connectivity index (χ1n) is 10.3. The Labute approximate surface area is 204 Å². The molecule has 0 atom stereocenters. The quantitative estimate of drug-likeness (QED) is 0.106. The van der Waals surface area contributed by atoms with Crippen LogP contribution in [0.4, 0.5) is 0 Å². The zero-order chi connectivity index (χ0) is 24.8. The predicted molar refractivity (Wildman–Crippen MR) is 128 cm³/mol. The van der Waals surface area contributed by atoms with Crippen LogP contribution in [0.15, 0.2) is 94.7 Å². The minimum absolute atomic E-state index is 0.0533. The van der Waals surface area contributed by atoms with Crippen molar-refractivity contribution in [2.75, 3.05) is 0 Å². The maximum atomic E-state index is 12.1. The highest BCUT2D eigenvalue weighted by molar-refractivity contribution is 7.94. The molecular weight excluding hydrogens is 492 g/mol. The van der Waals surface area contributed by atoms with Gasteiger partial charge in [-0.05, 0) is 81.9 Å². The van der Waals surface area contributed by atoms with E-state index in [0.717, 1.165) is 28.7 Å². The summed E-state index contributed by atoms with van der Waals surface area (Å²) in [7, 11) is -4.51. The molecular formula is C25H18O8S2. The van der Waals surface area contributed by atoms with E-state index in [1.807, 2.05) is 12.1 Å². The van der Waals surface area contributed by atoms with E-state index in [2.05, 4.69) is 9.37 Å². The fraction of sp³-hybridized carbons (Fsp3) is 0.0400. The van der Waals surface area contributed by atoms with Gasteiger partial charge in [-0.25, -0.2) is 5.26 Å². The number of benzene rings is 4. The summed E-state index contributed by atoms with van der Waals surface area (Å²) in [4.78, 5) is 0.320. The molecule has 0 bridgehead atoms. The van der Waals surface area contributed by atoms with Crippen LogP contribution in [-0.4, -0.2) is 28.4 Å². The molecule has 4 aromatic carbocycles. The van der Waals surface area contributed by atoms with Crippen molar-refractivity contribution in [3.8, 4) is 22.6 Å². The molecule has 0 amide bonds. The van der Waals surface area contributed by atoms with E-state index in [1.165, 1.54) is 36.4 Å². The lowest BCUT2D eigenvalue weighted by Gasteiger charge is -2.34. The van der Waals surface area contributed by atoms with E-state index in [9.17, 15) is 23.2 Å². The van der Waals surface area contributed by atoms with Crippen molar-refractivity contribution in [1.29, 1.82) is 0 Å². The minimum Gasteiger partial charge on any atom is -0.508 e. The molecule has 4 aromatic rings. The Bertz CT molecular complexity index is 1470. The molecule has 0 spiro atoms. The molecule has 0 unspecified atom stereocenters. The first kappa shape index (κ1) is 23.4. The summed E-state index contributed by atoms with van der Waals surface area (Å²) < 4.78 is 38.6. The van der Waals surface area contributed by atoms with E-state index in [0.29, 0.717) is 21.6 Å². The molecule has 5 rings (SSSR count). The summed E-state index contributed by atoms with van der Waals surface area (Å²) in [5.41, 5.74) is 3.19. The lowest BCUT2D eigenvalue weighted by molar-refractivity contribution is -0.432. The molecule has 178 valence electrons. The lowest BCUT2D eigenvalue weighted by atomic mass is 9.67. The second-order valence-electron chi connectivity index (χ2n) is 7.96. The summed E-state index contributed by atoms with van der Waals surface area (Å²) in [5.74, 6) is 0.107. The van der Waals surface area contributed by atoms with Crippen LogP contribution in [0.1, 0.15) is 22.3 Å². The van der Waals surface area contributed by atoms with E-state index in [1.54, 1.807) is 36.4 Å². The third kappa shape index (κ3) is 3.86. The molecule has 0 fully saturated rings. The van der Waals surface area contributed by atoms with Gasteiger partial charge in [0.2, 0.25) is 0 Å². The topological polar surface area (TPSA) is 134 Å². The number of rotatable bonds is 6. The van der Waals surface area contributed by atoms with Crippen molar-refractivity contribution in [3.63, 3.8) is 0 Å². The third-order valence-corrected chi connectivity index (χ3v) is 7.56. The SMILES string of the molecule is O=S(=O)(O)c1ccc2c(c1)C(c1ccc(O)cc1)(c1ccc(O)cc1)c1cc(SOOO)ccc1-2. The van der Waals surface area contributed by atoms with Crippen LogP contribution in [0.2, 0.25) is 0 Å². The number of phenolic OH excluding ortho intramolecular Hbond substituents is 2. The average Bonchev–Trinajstić information content (AvgIpc) is 3.13. The molecule has 0 saturated heterocycles. The summed E-state index contributed by atoms with van der Waals surface area (Å²) in [5, 5.41) is 32.3. The van der Waals surface area contributed by atoms with Gasteiger partial charge < -0.3 is 10.2 Å². The Kier molecular flexibility index (Phi) is 5.80. The molecule has 1 aliphatic rings. The summed E-state index contributed by atoms with van der Waals surface area (Å²) in [6.07, 6.45) is 0. The first-order chi connectivity index (χ1) is 16.7. The highest BCUT2D eigenvalue weighted by Gasteiger charge is 2.47. The van der Waals surface area contributed by atoms with Gasteiger partial charge in [0.1, 0.15) is 11.5 Å². The van der Waals surface area contributed by atoms with Crippen molar-refractivity contribution < 1.29 is 37.8 Å². The Morgan fingerprint density at radius 1 is 0.714 bits per heavy atom. The van der Waals surface area contributed by atoms with Crippen molar-refractivity contribution in [2.24, 2.45) is 0 Å². The molecule has 0 aliphatic heterocycles. The average molecular weight is 511 g/mol. The van der Waals surface area contributed by atoms with Gasteiger partial charge in [-0.2, -0.15) is 8.42 Å². The Balaban J connectivity index is 1.92. The number of aromatic hydroxyl groups is 2. The fourth-order valence-corrected chi connectivity index (χ4v) is 5.67. The highest BCUT2D eigenvalue weighted by atomic mass is 32.2. The van der Waals surface area contributed by atoms with E-state index < -0.39 is 15.5 Å². The van der Waals surface area contributed by atoms with Crippen LogP contribution in [0, 0.1) is 0 Å². The lowest BCUT2D eigenvalue weighted by Crippen LogP contribution is -2.28. The van der Waals surface area contributed by atoms with Crippen LogP contribution < -0.4 is 0 Å². The molecule has 35 heavy (non-hydrogen) atoms. The third-order valence-electron chi connectivity index (χ3n) is 6.14. The normalized spacial score (nSPS) is 13.9. The van der Waals surface area contributed by atoms with Gasteiger partial charge in [0.25, 0.3) is 10.1 Å². The number of hydrogen-bond acceptors (Lipinski definition) is 8. The van der Waals surface area contributed by atoms with Crippen LogP contribution >= 0.6 is 12.0 Å². The van der Waals surface area contributed by atoms with Crippen LogP contribution in [0.3, 0.4) is 0 Å². The van der Waals surface area contributed by atoms with Gasteiger partial charge in [-0.15, -0.1) is 4.33 Å². The molecule has 10 heteroatoms. The molecule has 8 nitrogen and oxygen atoms in total. The standard InChI is InChI=1S/C25H18O8S2/c26-17-5-1-15(2-6-17)25(16-3-7-18(27)8-4-16)23-13-19(34-33-32-28)9-11-21(23)22-12-10-20(14-24(22)25)35(29,30)31/h1-14,26-28H,(H,29,30,31). The van der Waals surface area contributed by atoms with Gasteiger partial charge in [0.05, 0.1) is 22.4 Å². The number of phenols is 2. The number of hydrogen-bond donors (Lipinski definition) is 4. The largest absolute Gasteiger partial charge is 0.508 e. The molecule has 0 radical (unpaired) electrons. The predicted octanol–water partition coefficient (Wildman–Crippen LogP) is 5.14. The van der Waals surface area contributed by atoms with E-state index >= 15 is 0 Å². The Morgan fingerprint density at radius 3 is 1.74 bits per heavy atom. The second-order valence-corrected chi connectivity index (χ2v) is 10.2. The highest BCUT2D eigenvalue weighted by Crippen LogP contribution is 2.57. The summed E-state index contributed by atoms with van der Waals surface area (Å²) >= 11 is 0.780. The van der Waals surface area contributed by atoms with Gasteiger partial charge in [0.15, 0.2) is 0 Å². The monoisotopic (exact) mass is 510 g/mol. The van der Waals surface area contributed by atoms with Crippen molar-refractivity contribution in [1.82, 2.24) is 0 Å². The van der Waals surface area contributed by atoms with E-state index in [4.69, 9.17) is 5.26 Å². The van der Waals surface area contributed by atoms with Gasteiger partial charge in [-0.3, -0.25) is 4.55 Å². The van der Waals surface area contributed by atoms with E-state index in [-0.39, 0.29) is 16.4 Å². The van der Waals surface area contributed by atoms with Crippen LogP contribution in [0.5, 0.6) is 11.5 Å². The molecule has 0 saturated carbocycles. The maximum absolute atomic E-state index is 12.1. The molecule has 0 heterocycles. The summed E-state index contributed by atoms with van der Waals surface area (Å²) in [6.45, 7) is 0. The van der Waals surface area contributed by atoms with Crippen molar-refractivity contribution in [2.45, 2.75) is 15.2 Å². The maximum Gasteiger partial charge on any atom is 0.294 e. The van der Waals surface area contributed by atoms with Gasteiger partial charge in [-0.1, -0.05) is 41.4 Å². The van der Waals surface area contributed by atoms with Crippen LogP contribution in [0.25, 0.3) is 11.1 Å². The van der Waals surface area contributed by atoms with Gasteiger partial charge >= 0.3 is 0 Å². The summed E-state index contributed by atoms with van der Waals surface area (Å²) in [6, 6.07) is 22.9. The van der Waals surface area contributed by atoms with Crippen molar-refractivity contribution >= 4 is 22.2 Å². The molecule has 0 aromatic heterocycles. The fourth-order valence-electron chi connectivity index (χ4n) is 4.76. The smallest absolute Gasteiger partial charge is 0.294 e. The first-order valence-corrected chi connectivity index (χ1v) is 12.4. The van der Waals surface area contributed by atoms with Gasteiger partial charge in [0, 0.05) is 4.90 Å². The second kappa shape index (κ2) is 8.68. The number of fused-ring (bicyclic) bond motifs is 3. The Hall–Kier alpha value is -3.38. The van der Waals surface area contributed by atoms with Crippen molar-refractivity contribution in [3.05, 3.63) is 107 Å². The minimum atomic E-state index is -4.51.